The monoisotopic (exact) mass is 128 g/mol. The summed E-state index contributed by atoms with van der Waals surface area (Å²) in [5.74, 6) is 0. The molecule has 0 heterocycles. The van der Waals surface area contributed by atoms with Crippen LogP contribution in [0.4, 0.5) is 0 Å². The first-order valence-electron chi connectivity index (χ1n) is 3.63. The highest BCUT2D eigenvalue weighted by Crippen LogP contribution is 2.01. The average Bonchev–Trinajstić information content (AvgIpc) is 1.91. The van der Waals surface area contributed by atoms with Crippen LogP contribution in [0.5, 0.6) is 0 Å². The van der Waals surface area contributed by atoms with Gasteiger partial charge in [-0.05, 0) is 18.4 Å². The molecule has 0 saturated carbocycles. The predicted molar refractivity (Wildman–Crippen MR) is 40.4 cm³/mol. The lowest BCUT2D eigenvalue weighted by molar-refractivity contribution is 0.327. The fraction of sp³-hybridized carbons (Fsp3) is 0.750. The van der Waals surface area contributed by atoms with Gasteiger partial charge in [-0.25, -0.2) is 0 Å². The van der Waals surface area contributed by atoms with E-state index in [2.05, 4.69) is 19.9 Å². The molecule has 0 bridgehead atoms. The summed E-state index contributed by atoms with van der Waals surface area (Å²) >= 11 is 0. The number of rotatable bonds is 4. The molecule has 0 fully saturated rings. The second kappa shape index (κ2) is 5.83. The molecule has 9 heavy (non-hydrogen) atoms. The third-order valence-corrected chi connectivity index (χ3v) is 1.38. The fourth-order valence-electron chi connectivity index (χ4n) is 0.669. The van der Waals surface area contributed by atoms with Gasteiger partial charge in [0.2, 0.25) is 0 Å². The molecule has 0 spiro atoms. The molecule has 0 amide bonds. The Kier molecular flexibility index (Phi) is 5.64. The number of aliphatic hydroxyl groups is 1. The molecule has 1 nitrogen and oxygen atoms in total. The number of hydrogen-bond acceptors (Lipinski definition) is 1. The summed E-state index contributed by atoms with van der Waals surface area (Å²) in [6.07, 6.45) is 5.38. The van der Waals surface area contributed by atoms with Crippen LogP contribution in [0.1, 0.15) is 33.1 Å². The Morgan fingerprint density at radius 2 is 2.11 bits per heavy atom. The van der Waals surface area contributed by atoms with Crippen LogP contribution in [0.15, 0.2) is 11.6 Å². The van der Waals surface area contributed by atoms with Crippen molar-refractivity contribution >= 4 is 0 Å². The normalized spacial score (nSPS) is 12.1. The maximum atomic E-state index is 8.68. The standard InChI is InChI=1S/C8H16O/c1-3-5-6-8(4-2)7-9/h6,9H,3-5,7H2,1-2H3/b8-6-. The molecule has 0 unspecified atom stereocenters. The van der Waals surface area contributed by atoms with Crippen LogP contribution in [0.3, 0.4) is 0 Å². The minimum Gasteiger partial charge on any atom is -0.392 e. The van der Waals surface area contributed by atoms with Gasteiger partial charge in [0.15, 0.2) is 0 Å². The summed E-state index contributed by atoms with van der Waals surface area (Å²) in [6.45, 7) is 4.44. The van der Waals surface area contributed by atoms with Gasteiger partial charge >= 0.3 is 0 Å². The zero-order valence-corrected chi connectivity index (χ0v) is 6.35. The van der Waals surface area contributed by atoms with Crippen LogP contribution >= 0.6 is 0 Å². The zero-order chi connectivity index (χ0) is 7.11. The van der Waals surface area contributed by atoms with E-state index in [0.717, 1.165) is 18.4 Å². The van der Waals surface area contributed by atoms with Gasteiger partial charge in [-0.3, -0.25) is 0 Å². The molecule has 0 aliphatic rings. The van der Waals surface area contributed by atoms with Gasteiger partial charge in [0.05, 0.1) is 6.61 Å². The van der Waals surface area contributed by atoms with E-state index in [1.165, 1.54) is 6.42 Å². The third-order valence-electron chi connectivity index (χ3n) is 1.38. The number of unbranched alkanes of at least 4 members (excludes halogenated alkanes) is 1. The van der Waals surface area contributed by atoms with Crippen LogP contribution in [0.2, 0.25) is 0 Å². The van der Waals surface area contributed by atoms with Crippen LogP contribution in [0.25, 0.3) is 0 Å². The third kappa shape index (κ3) is 4.22. The summed E-state index contributed by atoms with van der Waals surface area (Å²) in [6, 6.07) is 0. The number of hydrogen-bond donors (Lipinski definition) is 1. The first-order chi connectivity index (χ1) is 4.35. The quantitative estimate of drug-likeness (QED) is 0.575. The fourth-order valence-corrected chi connectivity index (χ4v) is 0.669. The second-order valence-corrected chi connectivity index (χ2v) is 2.16. The maximum absolute atomic E-state index is 8.68. The van der Waals surface area contributed by atoms with Crippen molar-refractivity contribution in [2.45, 2.75) is 33.1 Å². The predicted octanol–water partition coefficient (Wildman–Crippen LogP) is 2.12. The van der Waals surface area contributed by atoms with E-state index in [-0.39, 0.29) is 6.61 Å². The Morgan fingerprint density at radius 3 is 2.44 bits per heavy atom. The summed E-state index contributed by atoms with van der Waals surface area (Å²) in [5.41, 5.74) is 1.16. The summed E-state index contributed by atoms with van der Waals surface area (Å²) in [5, 5.41) is 8.68. The Labute approximate surface area is 57.4 Å². The molecule has 1 N–H and O–H groups in total. The van der Waals surface area contributed by atoms with E-state index in [1.54, 1.807) is 0 Å². The van der Waals surface area contributed by atoms with Crippen LogP contribution < -0.4 is 0 Å². The zero-order valence-electron chi connectivity index (χ0n) is 6.35. The molecule has 0 atom stereocenters. The molecule has 0 aromatic carbocycles. The molecule has 54 valence electrons. The van der Waals surface area contributed by atoms with E-state index in [1.807, 2.05) is 0 Å². The largest absolute Gasteiger partial charge is 0.392 e. The van der Waals surface area contributed by atoms with Crippen molar-refractivity contribution in [3.8, 4) is 0 Å². The Morgan fingerprint density at radius 1 is 1.44 bits per heavy atom. The van der Waals surface area contributed by atoms with Crippen molar-refractivity contribution in [1.29, 1.82) is 0 Å². The smallest absolute Gasteiger partial charge is 0.0641 e. The Balaban J connectivity index is 3.48. The molecular formula is C8H16O. The maximum Gasteiger partial charge on any atom is 0.0641 e. The highest BCUT2D eigenvalue weighted by Gasteiger charge is 1.87. The number of allylic oxidation sites excluding steroid dienone is 1. The summed E-state index contributed by atoms with van der Waals surface area (Å²) < 4.78 is 0. The van der Waals surface area contributed by atoms with Gasteiger partial charge in [-0.1, -0.05) is 26.3 Å². The Bertz CT molecular complexity index is 78.6. The van der Waals surface area contributed by atoms with Crippen LogP contribution in [-0.4, -0.2) is 11.7 Å². The minimum absolute atomic E-state index is 0.233. The molecule has 0 saturated heterocycles. The van der Waals surface area contributed by atoms with Crippen molar-refractivity contribution in [2.75, 3.05) is 6.61 Å². The lowest BCUT2D eigenvalue weighted by atomic mass is 10.1. The summed E-state index contributed by atoms with van der Waals surface area (Å²) in [7, 11) is 0. The van der Waals surface area contributed by atoms with Crippen molar-refractivity contribution in [2.24, 2.45) is 0 Å². The van der Waals surface area contributed by atoms with Gasteiger partial charge in [-0.2, -0.15) is 0 Å². The van der Waals surface area contributed by atoms with Gasteiger partial charge in [0.1, 0.15) is 0 Å². The van der Waals surface area contributed by atoms with Crippen LogP contribution in [-0.2, 0) is 0 Å². The van der Waals surface area contributed by atoms with E-state index in [9.17, 15) is 0 Å². The van der Waals surface area contributed by atoms with Crippen LogP contribution in [0, 0.1) is 0 Å². The topological polar surface area (TPSA) is 20.2 Å². The van der Waals surface area contributed by atoms with Gasteiger partial charge in [0, 0.05) is 0 Å². The van der Waals surface area contributed by atoms with Crippen molar-refractivity contribution in [3.05, 3.63) is 11.6 Å². The molecule has 0 radical (unpaired) electrons. The van der Waals surface area contributed by atoms with E-state index < -0.39 is 0 Å². The van der Waals surface area contributed by atoms with E-state index in [0.29, 0.717) is 0 Å². The van der Waals surface area contributed by atoms with Gasteiger partial charge < -0.3 is 5.11 Å². The molecule has 0 rings (SSSR count). The molecule has 1 heteroatoms. The Hall–Kier alpha value is -0.300. The van der Waals surface area contributed by atoms with Crippen molar-refractivity contribution in [3.63, 3.8) is 0 Å². The molecule has 0 aliphatic carbocycles. The van der Waals surface area contributed by atoms with Gasteiger partial charge in [-0.15, -0.1) is 0 Å². The molecule has 0 aliphatic heterocycles. The lowest BCUT2D eigenvalue weighted by Gasteiger charge is -1.96. The first kappa shape index (κ1) is 8.70. The molecule has 0 aromatic heterocycles. The van der Waals surface area contributed by atoms with E-state index >= 15 is 0 Å². The second-order valence-electron chi connectivity index (χ2n) is 2.16. The van der Waals surface area contributed by atoms with Crippen molar-refractivity contribution in [1.82, 2.24) is 0 Å². The summed E-state index contributed by atoms with van der Waals surface area (Å²) in [4.78, 5) is 0. The molecular weight excluding hydrogens is 112 g/mol. The lowest BCUT2D eigenvalue weighted by Crippen LogP contribution is -1.87. The first-order valence-corrected chi connectivity index (χ1v) is 3.63. The average molecular weight is 128 g/mol. The van der Waals surface area contributed by atoms with Gasteiger partial charge in [0.25, 0.3) is 0 Å². The highest BCUT2D eigenvalue weighted by molar-refractivity contribution is 5.00. The minimum atomic E-state index is 0.233. The van der Waals surface area contributed by atoms with E-state index in [4.69, 9.17) is 5.11 Å². The highest BCUT2D eigenvalue weighted by atomic mass is 16.3. The SMILES string of the molecule is CCC/C=C(/CC)CO. The number of aliphatic hydroxyl groups excluding tert-OH is 1. The molecule has 0 aromatic rings. The van der Waals surface area contributed by atoms with Crippen molar-refractivity contribution < 1.29 is 5.11 Å².